The van der Waals surface area contributed by atoms with Crippen molar-refractivity contribution in [2.75, 3.05) is 5.32 Å². The van der Waals surface area contributed by atoms with E-state index in [1.165, 1.54) is 25.7 Å². The predicted octanol–water partition coefficient (Wildman–Crippen LogP) is 3.64. The molecule has 5 heteroatoms. The number of thiazole rings is 1. The van der Waals surface area contributed by atoms with Crippen LogP contribution in [0.2, 0.25) is 0 Å². The van der Waals surface area contributed by atoms with E-state index in [-0.39, 0.29) is 5.92 Å². The highest BCUT2D eigenvalue weighted by molar-refractivity contribution is 7.15. The van der Waals surface area contributed by atoms with Gasteiger partial charge in [-0.05, 0) is 37.5 Å². The summed E-state index contributed by atoms with van der Waals surface area (Å²) in [7, 11) is 0. The van der Waals surface area contributed by atoms with E-state index in [1.54, 1.807) is 11.3 Å². The molecule has 3 rings (SSSR count). The number of anilines is 1. The molecule has 2 aliphatic rings. The minimum Gasteiger partial charge on any atom is -0.481 e. The first-order valence-electron chi connectivity index (χ1n) is 7.43. The molecule has 110 valence electrons. The largest absolute Gasteiger partial charge is 0.481 e. The molecule has 2 atom stereocenters. The van der Waals surface area contributed by atoms with Gasteiger partial charge in [-0.1, -0.05) is 20.3 Å². The molecule has 1 heterocycles. The fraction of sp³-hybridized carbons (Fsp3) is 0.733. The lowest BCUT2D eigenvalue weighted by atomic mass is 9.75. The third-order valence-corrected chi connectivity index (χ3v) is 5.61. The Morgan fingerprint density at radius 2 is 2.25 bits per heavy atom. The number of hydrogen-bond acceptors (Lipinski definition) is 4. The molecule has 0 aromatic carbocycles. The highest BCUT2D eigenvalue weighted by Crippen LogP contribution is 2.40. The van der Waals surface area contributed by atoms with Gasteiger partial charge in [0.05, 0.1) is 5.69 Å². The van der Waals surface area contributed by atoms with Gasteiger partial charge in [0.25, 0.3) is 0 Å². The van der Waals surface area contributed by atoms with E-state index in [9.17, 15) is 9.90 Å². The Morgan fingerprint density at radius 1 is 1.45 bits per heavy atom. The number of aryl methyl sites for hydroxylation is 1. The fourth-order valence-corrected chi connectivity index (χ4v) is 4.64. The number of hydrogen-bond donors (Lipinski definition) is 2. The number of fused-ring (bicyclic) bond motifs is 1. The Kier molecular flexibility index (Phi) is 3.48. The normalized spacial score (nSPS) is 28.1. The van der Waals surface area contributed by atoms with Crippen LogP contribution in [0.5, 0.6) is 0 Å². The smallest absolute Gasteiger partial charge is 0.312 e. The van der Waals surface area contributed by atoms with Crippen LogP contribution >= 0.6 is 11.3 Å². The van der Waals surface area contributed by atoms with Gasteiger partial charge in [0.15, 0.2) is 5.13 Å². The van der Waals surface area contributed by atoms with Gasteiger partial charge in [0.2, 0.25) is 0 Å². The van der Waals surface area contributed by atoms with E-state index in [1.807, 2.05) is 0 Å². The molecule has 1 aromatic rings. The summed E-state index contributed by atoms with van der Waals surface area (Å²) < 4.78 is 0. The molecule has 0 saturated heterocycles. The average molecular weight is 294 g/mol. The fourth-order valence-electron chi connectivity index (χ4n) is 3.53. The van der Waals surface area contributed by atoms with Gasteiger partial charge >= 0.3 is 5.97 Å². The van der Waals surface area contributed by atoms with Crippen molar-refractivity contribution in [2.45, 2.75) is 64.3 Å². The number of carboxylic acids is 1. The Balaban J connectivity index is 1.70. The lowest BCUT2D eigenvalue weighted by molar-refractivity contribution is -0.138. The third-order valence-electron chi connectivity index (χ3n) is 4.55. The SMILES string of the molecule is CC1(C)CCCC(Nc2nc3c(s2)CCC3C(=O)O)C1. The second kappa shape index (κ2) is 5.02. The summed E-state index contributed by atoms with van der Waals surface area (Å²) in [5.41, 5.74) is 1.21. The Morgan fingerprint density at radius 3 is 2.95 bits per heavy atom. The minimum absolute atomic E-state index is 0.389. The maximum atomic E-state index is 11.2. The monoisotopic (exact) mass is 294 g/mol. The van der Waals surface area contributed by atoms with E-state index >= 15 is 0 Å². The van der Waals surface area contributed by atoms with E-state index in [0.29, 0.717) is 17.9 Å². The topological polar surface area (TPSA) is 62.2 Å². The first-order valence-corrected chi connectivity index (χ1v) is 8.25. The van der Waals surface area contributed by atoms with Crippen LogP contribution in [0.15, 0.2) is 0 Å². The highest BCUT2D eigenvalue weighted by atomic mass is 32.1. The number of nitrogens with one attached hydrogen (secondary N) is 1. The third kappa shape index (κ3) is 2.68. The standard InChI is InChI=1S/C15H22N2O2S/c1-15(2)7-3-4-9(8-15)16-14-17-12-10(13(18)19)5-6-11(12)20-14/h9-10H,3-8H2,1-2H3,(H,16,17)(H,18,19). The average Bonchev–Trinajstić information content (AvgIpc) is 2.86. The van der Waals surface area contributed by atoms with Crippen molar-refractivity contribution in [1.29, 1.82) is 0 Å². The summed E-state index contributed by atoms with van der Waals surface area (Å²) in [4.78, 5) is 16.9. The van der Waals surface area contributed by atoms with Crippen molar-refractivity contribution >= 4 is 22.4 Å². The van der Waals surface area contributed by atoms with E-state index in [0.717, 1.165) is 22.1 Å². The summed E-state index contributed by atoms with van der Waals surface area (Å²) in [6.07, 6.45) is 6.48. The van der Waals surface area contributed by atoms with Gasteiger partial charge < -0.3 is 10.4 Å². The van der Waals surface area contributed by atoms with Crippen LogP contribution in [0.3, 0.4) is 0 Å². The van der Waals surface area contributed by atoms with Crippen molar-refractivity contribution in [3.8, 4) is 0 Å². The van der Waals surface area contributed by atoms with Crippen LogP contribution in [-0.4, -0.2) is 22.1 Å². The van der Waals surface area contributed by atoms with Crippen molar-refractivity contribution in [2.24, 2.45) is 5.41 Å². The minimum atomic E-state index is -0.737. The first kappa shape index (κ1) is 13.9. The molecule has 0 spiro atoms. The molecule has 0 radical (unpaired) electrons. The number of aromatic nitrogens is 1. The number of aliphatic carboxylic acids is 1. The molecule has 1 aromatic heterocycles. The van der Waals surface area contributed by atoms with Gasteiger partial charge in [0, 0.05) is 10.9 Å². The molecule has 2 N–H and O–H groups in total. The quantitative estimate of drug-likeness (QED) is 0.893. The zero-order chi connectivity index (χ0) is 14.3. The van der Waals surface area contributed by atoms with Gasteiger partial charge in [-0.15, -0.1) is 11.3 Å². The van der Waals surface area contributed by atoms with Gasteiger partial charge in [0.1, 0.15) is 5.92 Å². The van der Waals surface area contributed by atoms with Crippen molar-refractivity contribution < 1.29 is 9.90 Å². The maximum Gasteiger partial charge on any atom is 0.312 e. The first-order chi connectivity index (χ1) is 9.44. The molecule has 1 saturated carbocycles. The summed E-state index contributed by atoms with van der Waals surface area (Å²) >= 11 is 1.65. The van der Waals surface area contributed by atoms with Gasteiger partial charge in [-0.3, -0.25) is 4.79 Å². The maximum absolute atomic E-state index is 11.2. The summed E-state index contributed by atoms with van der Waals surface area (Å²) in [5, 5.41) is 13.7. The number of rotatable bonds is 3. The molecule has 0 bridgehead atoms. The Hall–Kier alpha value is -1.10. The number of carboxylic acid groups (broad SMARTS) is 1. The molecular weight excluding hydrogens is 272 g/mol. The highest BCUT2D eigenvalue weighted by Gasteiger charge is 2.33. The zero-order valence-electron chi connectivity index (χ0n) is 12.1. The van der Waals surface area contributed by atoms with Crippen LogP contribution in [0.25, 0.3) is 0 Å². The molecule has 0 amide bonds. The predicted molar refractivity (Wildman–Crippen MR) is 80.5 cm³/mol. The molecule has 2 unspecified atom stereocenters. The van der Waals surface area contributed by atoms with Gasteiger partial charge in [-0.2, -0.15) is 0 Å². The van der Waals surface area contributed by atoms with Crippen molar-refractivity contribution in [1.82, 2.24) is 4.98 Å². The lowest BCUT2D eigenvalue weighted by Gasteiger charge is -2.35. The van der Waals surface area contributed by atoms with E-state index < -0.39 is 5.97 Å². The summed E-state index contributed by atoms with van der Waals surface area (Å²) in [5.74, 6) is -1.13. The second-order valence-corrected chi connectivity index (χ2v) is 7.94. The van der Waals surface area contributed by atoms with Crippen LogP contribution in [0.1, 0.15) is 62.4 Å². The van der Waals surface area contributed by atoms with Crippen molar-refractivity contribution in [3.63, 3.8) is 0 Å². The molecule has 2 aliphatic carbocycles. The second-order valence-electron chi connectivity index (χ2n) is 6.86. The van der Waals surface area contributed by atoms with Crippen LogP contribution in [0, 0.1) is 5.41 Å². The molecular formula is C15H22N2O2S. The van der Waals surface area contributed by atoms with Crippen LogP contribution in [-0.2, 0) is 11.2 Å². The van der Waals surface area contributed by atoms with E-state index in [2.05, 4.69) is 24.1 Å². The molecule has 1 fully saturated rings. The van der Waals surface area contributed by atoms with Crippen LogP contribution in [0.4, 0.5) is 5.13 Å². The van der Waals surface area contributed by atoms with Crippen LogP contribution < -0.4 is 5.32 Å². The molecule has 4 nitrogen and oxygen atoms in total. The Bertz CT molecular complexity index is 524. The van der Waals surface area contributed by atoms with Crippen molar-refractivity contribution in [3.05, 3.63) is 10.6 Å². The number of carbonyl (C=O) groups is 1. The zero-order valence-corrected chi connectivity index (χ0v) is 12.9. The van der Waals surface area contributed by atoms with Gasteiger partial charge in [-0.25, -0.2) is 4.98 Å². The summed E-state index contributed by atoms with van der Waals surface area (Å²) in [6.45, 7) is 4.65. The summed E-state index contributed by atoms with van der Waals surface area (Å²) in [6, 6.07) is 0.480. The Labute approximate surface area is 123 Å². The number of nitrogens with zero attached hydrogens (tertiary/aromatic N) is 1. The van der Waals surface area contributed by atoms with E-state index in [4.69, 9.17) is 0 Å². The molecule has 20 heavy (non-hydrogen) atoms. The lowest BCUT2D eigenvalue weighted by Crippen LogP contribution is -2.31. The molecule has 0 aliphatic heterocycles.